The average Bonchev–Trinajstić information content (AvgIpc) is 2.62. The van der Waals surface area contributed by atoms with E-state index in [4.69, 9.17) is 11.6 Å². The van der Waals surface area contributed by atoms with E-state index in [0.29, 0.717) is 10.6 Å². The third-order valence-corrected chi connectivity index (χ3v) is 4.15. The molecule has 14 heavy (non-hydrogen) atoms. The molecule has 0 atom stereocenters. The van der Waals surface area contributed by atoms with Gasteiger partial charge in [0, 0.05) is 20.5 Å². The lowest BCUT2D eigenvalue weighted by Crippen LogP contribution is -1.86. The molecule has 0 N–H and O–H groups in total. The van der Waals surface area contributed by atoms with E-state index < -0.39 is 0 Å². The number of rotatable bonds is 2. The maximum atomic E-state index is 11.0. The van der Waals surface area contributed by atoms with Crippen LogP contribution in [-0.4, -0.2) is 12.5 Å². The first-order valence-corrected chi connectivity index (χ1v) is 6.45. The van der Waals surface area contributed by atoms with E-state index in [0.717, 1.165) is 21.3 Å². The van der Waals surface area contributed by atoms with Crippen LogP contribution >= 0.6 is 34.7 Å². The number of carbonyl (C=O) groups excluding carboxylic acids is 1. The number of thiophene rings is 1. The Morgan fingerprint density at radius 1 is 1.57 bits per heavy atom. The Balaban J connectivity index is 2.88. The molecule has 0 aliphatic heterocycles. The normalized spacial score (nSPS) is 10.7. The fraction of sp³-hybridized carbons (Fsp3) is 0.100. The molecule has 1 nitrogen and oxygen atoms in total. The summed E-state index contributed by atoms with van der Waals surface area (Å²) in [5.41, 5.74) is 0.709. The first-order valence-electron chi connectivity index (χ1n) is 3.96. The van der Waals surface area contributed by atoms with Crippen molar-refractivity contribution in [1.29, 1.82) is 0 Å². The van der Waals surface area contributed by atoms with Crippen LogP contribution in [0.5, 0.6) is 0 Å². The zero-order chi connectivity index (χ0) is 10.1. The van der Waals surface area contributed by atoms with Crippen molar-refractivity contribution in [3.05, 3.63) is 28.1 Å². The van der Waals surface area contributed by atoms with Crippen molar-refractivity contribution < 1.29 is 4.79 Å². The summed E-state index contributed by atoms with van der Waals surface area (Å²) < 4.78 is 1.06. The number of carbonyl (C=O) groups is 1. The molecule has 0 unspecified atom stereocenters. The van der Waals surface area contributed by atoms with Crippen LogP contribution in [0.2, 0.25) is 5.02 Å². The molecule has 0 aliphatic carbocycles. The largest absolute Gasteiger partial charge is 0.298 e. The molecule has 0 fully saturated rings. The number of halogens is 1. The van der Waals surface area contributed by atoms with E-state index in [2.05, 4.69) is 0 Å². The second-order valence-corrected chi connectivity index (χ2v) is 4.93. The summed E-state index contributed by atoms with van der Waals surface area (Å²) in [6.07, 6.45) is 2.80. The Kier molecular flexibility index (Phi) is 2.81. The average molecular weight is 243 g/mol. The van der Waals surface area contributed by atoms with Crippen molar-refractivity contribution in [2.24, 2.45) is 0 Å². The molecular weight excluding hydrogens is 236 g/mol. The van der Waals surface area contributed by atoms with Gasteiger partial charge in [0.15, 0.2) is 6.29 Å². The molecule has 4 heteroatoms. The molecule has 0 saturated carbocycles. The molecule has 0 saturated heterocycles. The number of fused-ring (bicyclic) bond motifs is 1. The summed E-state index contributed by atoms with van der Waals surface area (Å²) in [6, 6.07) is 3.88. The first kappa shape index (κ1) is 10.0. The second kappa shape index (κ2) is 3.93. The molecule has 0 bridgehead atoms. The zero-order valence-electron chi connectivity index (χ0n) is 7.41. The first-order chi connectivity index (χ1) is 6.77. The third kappa shape index (κ3) is 1.45. The molecule has 72 valence electrons. The van der Waals surface area contributed by atoms with Crippen molar-refractivity contribution in [2.75, 3.05) is 6.26 Å². The standard InChI is InChI=1S/C10H7ClOS2/c1-13-10-7(5-12)6-2-3-14-9(6)4-8(10)11/h2-5H,1H3. The molecule has 1 aromatic carbocycles. The van der Waals surface area contributed by atoms with Gasteiger partial charge in [-0.2, -0.15) is 0 Å². The predicted molar refractivity (Wildman–Crippen MR) is 64.0 cm³/mol. The summed E-state index contributed by atoms with van der Waals surface area (Å²) in [5.74, 6) is 0. The second-order valence-electron chi connectivity index (χ2n) is 2.76. The Hall–Kier alpha value is -0.510. The van der Waals surface area contributed by atoms with Crippen molar-refractivity contribution in [1.82, 2.24) is 0 Å². The topological polar surface area (TPSA) is 17.1 Å². The monoisotopic (exact) mass is 242 g/mol. The molecule has 0 amide bonds. The molecule has 2 aromatic rings. The molecule has 0 radical (unpaired) electrons. The fourth-order valence-corrected chi connectivity index (χ4v) is 3.39. The van der Waals surface area contributed by atoms with E-state index in [-0.39, 0.29) is 0 Å². The lowest BCUT2D eigenvalue weighted by molar-refractivity contribution is 0.112. The highest BCUT2D eigenvalue weighted by molar-refractivity contribution is 7.98. The Bertz CT molecular complexity index is 490. The van der Waals surface area contributed by atoms with Gasteiger partial charge in [0.05, 0.1) is 5.02 Å². The number of hydrogen-bond acceptors (Lipinski definition) is 3. The van der Waals surface area contributed by atoms with Crippen LogP contribution in [0.15, 0.2) is 22.4 Å². The highest BCUT2D eigenvalue weighted by Crippen LogP contribution is 2.36. The summed E-state index contributed by atoms with van der Waals surface area (Å²) in [4.78, 5) is 11.9. The zero-order valence-corrected chi connectivity index (χ0v) is 9.80. The highest BCUT2D eigenvalue weighted by Gasteiger charge is 2.11. The maximum absolute atomic E-state index is 11.0. The highest BCUT2D eigenvalue weighted by atomic mass is 35.5. The van der Waals surface area contributed by atoms with Gasteiger partial charge in [-0.05, 0) is 23.8 Å². The van der Waals surface area contributed by atoms with E-state index >= 15 is 0 Å². The van der Waals surface area contributed by atoms with E-state index in [1.165, 1.54) is 11.8 Å². The molecule has 1 heterocycles. The Morgan fingerprint density at radius 3 is 3.00 bits per heavy atom. The Labute approximate surface area is 95.1 Å². The SMILES string of the molecule is CSc1c(Cl)cc2sccc2c1C=O. The van der Waals surface area contributed by atoms with Crippen LogP contribution in [0.25, 0.3) is 10.1 Å². The molecular formula is C10H7ClOS2. The quantitative estimate of drug-likeness (QED) is 0.583. The molecule has 2 rings (SSSR count). The van der Waals surface area contributed by atoms with Crippen LogP contribution in [-0.2, 0) is 0 Å². The molecule has 0 spiro atoms. The van der Waals surface area contributed by atoms with Crippen molar-refractivity contribution in [3.63, 3.8) is 0 Å². The third-order valence-electron chi connectivity index (χ3n) is 2.03. The van der Waals surface area contributed by atoms with E-state index in [1.54, 1.807) is 11.3 Å². The van der Waals surface area contributed by atoms with Crippen LogP contribution in [0.1, 0.15) is 10.4 Å². The number of aldehydes is 1. The lowest BCUT2D eigenvalue weighted by Gasteiger charge is -2.05. The number of hydrogen-bond donors (Lipinski definition) is 0. The molecule has 0 aliphatic rings. The summed E-state index contributed by atoms with van der Waals surface area (Å²) in [6.45, 7) is 0. The Morgan fingerprint density at radius 2 is 2.36 bits per heavy atom. The summed E-state index contributed by atoms with van der Waals surface area (Å²) in [5, 5.41) is 3.63. The van der Waals surface area contributed by atoms with Gasteiger partial charge in [-0.1, -0.05) is 11.6 Å². The smallest absolute Gasteiger partial charge is 0.151 e. The van der Waals surface area contributed by atoms with Gasteiger partial charge in [-0.3, -0.25) is 4.79 Å². The van der Waals surface area contributed by atoms with Gasteiger partial charge in [0.25, 0.3) is 0 Å². The van der Waals surface area contributed by atoms with Crippen LogP contribution in [0.3, 0.4) is 0 Å². The van der Waals surface area contributed by atoms with Gasteiger partial charge in [-0.15, -0.1) is 23.1 Å². The van der Waals surface area contributed by atoms with Crippen molar-refractivity contribution >= 4 is 51.1 Å². The molecule has 1 aromatic heterocycles. The van der Waals surface area contributed by atoms with Crippen molar-refractivity contribution in [2.45, 2.75) is 4.90 Å². The van der Waals surface area contributed by atoms with Gasteiger partial charge in [0.2, 0.25) is 0 Å². The van der Waals surface area contributed by atoms with Gasteiger partial charge < -0.3 is 0 Å². The van der Waals surface area contributed by atoms with Gasteiger partial charge in [0.1, 0.15) is 0 Å². The number of thioether (sulfide) groups is 1. The van der Waals surface area contributed by atoms with Crippen molar-refractivity contribution in [3.8, 4) is 0 Å². The summed E-state index contributed by atoms with van der Waals surface area (Å²) in [7, 11) is 0. The summed E-state index contributed by atoms with van der Waals surface area (Å²) >= 11 is 9.18. The number of benzene rings is 1. The maximum Gasteiger partial charge on any atom is 0.151 e. The van der Waals surface area contributed by atoms with Gasteiger partial charge >= 0.3 is 0 Å². The van der Waals surface area contributed by atoms with Gasteiger partial charge in [-0.25, -0.2) is 0 Å². The van der Waals surface area contributed by atoms with E-state index in [1.807, 2.05) is 23.8 Å². The fourth-order valence-electron chi connectivity index (χ4n) is 1.41. The minimum absolute atomic E-state index is 0.662. The predicted octanol–water partition coefficient (Wildman–Crippen LogP) is 4.09. The minimum Gasteiger partial charge on any atom is -0.298 e. The van der Waals surface area contributed by atoms with Crippen LogP contribution in [0.4, 0.5) is 0 Å². The minimum atomic E-state index is 0.662. The lowest BCUT2D eigenvalue weighted by atomic mass is 10.1. The van der Waals surface area contributed by atoms with Crippen LogP contribution < -0.4 is 0 Å². The van der Waals surface area contributed by atoms with E-state index in [9.17, 15) is 4.79 Å². The van der Waals surface area contributed by atoms with Crippen LogP contribution in [0, 0.1) is 0 Å².